The Bertz CT molecular complexity index is 1710. The summed E-state index contributed by atoms with van der Waals surface area (Å²) in [4.78, 5) is 47.1. The quantitative estimate of drug-likeness (QED) is 0.0699. The first-order valence-corrected chi connectivity index (χ1v) is 15.7. The number of carboxylic acid groups (broad SMARTS) is 1. The average molecular weight is 654 g/mol. The van der Waals surface area contributed by atoms with E-state index in [2.05, 4.69) is 26.0 Å². The Balaban J connectivity index is 1.49. The van der Waals surface area contributed by atoms with Gasteiger partial charge in [-0.15, -0.1) is 20.3 Å². The molecule has 1 aromatic carbocycles. The summed E-state index contributed by atoms with van der Waals surface area (Å²) in [7, 11) is -3.05. The molecule has 0 bridgehead atoms. The number of thiazole rings is 1. The Hall–Kier alpha value is -4.13. The van der Waals surface area contributed by atoms with Crippen molar-refractivity contribution < 1.29 is 51.0 Å². The van der Waals surface area contributed by atoms with E-state index < -0.39 is 64.4 Å². The highest BCUT2D eigenvalue weighted by atomic mass is 32.3. The number of anilines is 1. The molecule has 238 valence electrons. The molecule has 16 nitrogen and oxygen atoms in total. The minimum Gasteiger partial charge on any atom is -0.489 e. The van der Waals surface area contributed by atoms with Crippen molar-refractivity contribution in [1.82, 2.24) is 14.7 Å². The highest BCUT2D eigenvalue weighted by Crippen LogP contribution is 2.40. The van der Waals surface area contributed by atoms with Gasteiger partial charge < -0.3 is 20.4 Å². The summed E-state index contributed by atoms with van der Waals surface area (Å²) in [6.07, 6.45) is 1.88. The minimum absolute atomic E-state index is 0.0101. The number of aromatic nitrogens is 3. The number of rotatable bonds is 15. The maximum absolute atomic E-state index is 13.3. The lowest BCUT2D eigenvalue weighted by Gasteiger charge is -2.50. The van der Waals surface area contributed by atoms with Gasteiger partial charge in [-0.25, -0.2) is 9.78 Å². The zero-order chi connectivity index (χ0) is 32.4. The molecule has 0 saturated carbocycles. The van der Waals surface area contributed by atoms with Gasteiger partial charge in [-0.05, 0) is 38.5 Å². The number of carbonyl (C=O) groups excluding carboxylic acids is 2. The third-order valence-electron chi connectivity index (χ3n) is 7.12. The summed E-state index contributed by atoms with van der Waals surface area (Å²) in [6, 6.07) is 5.37. The van der Waals surface area contributed by atoms with Crippen LogP contribution >= 0.6 is 11.3 Å². The van der Waals surface area contributed by atoms with Crippen LogP contribution in [-0.4, -0.2) is 74.4 Å². The molecule has 0 radical (unpaired) electrons. The van der Waals surface area contributed by atoms with Gasteiger partial charge in [0.25, 0.3) is 12.0 Å². The normalized spacial score (nSPS) is 17.4. The average Bonchev–Trinajstić information content (AvgIpc) is 3.51. The van der Waals surface area contributed by atoms with Crippen molar-refractivity contribution in [2.75, 3.05) is 12.3 Å². The number of nitrogens with zero attached hydrogens (tertiary/aromatic N) is 5. The lowest BCUT2D eigenvalue weighted by Crippen LogP contribution is -2.68. The molecule has 4 rings (SSSR count). The van der Waals surface area contributed by atoms with Gasteiger partial charge in [-0.2, -0.15) is 18.2 Å². The Labute approximate surface area is 256 Å². The number of fused-ring (bicyclic) bond motifs is 1. The Kier molecular flexibility index (Phi) is 9.57. The summed E-state index contributed by atoms with van der Waals surface area (Å²) < 4.78 is 45.3. The number of aryl methyl sites for hydroxylation is 2. The molecule has 1 amide bonds. The highest BCUT2D eigenvalue weighted by Gasteiger charge is 2.57. The number of carboxylic acids is 1. The van der Waals surface area contributed by atoms with Crippen LogP contribution in [-0.2, 0) is 47.5 Å². The predicted molar refractivity (Wildman–Crippen MR) is 156 cm³/mol. The number of amides is 1. The number of benzene rings is 1. The number of hydrogen-bond donors (Lipinski definition) is 3. The molecule has 1 aliphatic rings. The number of Topliss-reactive ketones (excluding diaryl/α,β-unsaturated/α-hetero) is 1. The summed E-state index contributed by atoms with van der Waals surface area (Å²) >= 11 is 0.996. The Morgan fingerprint density at radius 2 is 2.05 bits per heavy atom. The maximum atomic E-state index is 13.3. The number of ether oxygens (including phenoxy) is 1. The van der Waals surface area contributed by atoms with E-state index in [4.69, 9.17) is 19.9 Å². The van der Waals surface area contributed by atoms with Crippen molar-refractivity contribution >= 4 is 61.1 Å². The summed E-state index contributed by atoms with van der Waals surface area (Å²) in [6.45, 7) is 5.37. The number of ketones is 1. The predicted octanol–water partition coefficient (Wildman–Crippen LogP) is 1.49. The first kappa shape index (κ1) is 32.8. The van der Waals surface area contributed by atoms with Crippen LogP contribution in [0.2, 0.25) is 0 Å². The number of oxime groups is 1. The molecular weight excluding hydrogens is 620 g/mol. The first-order valence-electron chi connectivity index (χ1n) is 13.5. The zero-order valence-electron chi connectivity index (χ0n) is 24.4. The molecule has 0 unspecified atom stereocenters. The molecule has 44 heavy (non-hydrogen) atoms. The standard InChI is InChI=1S/C26H32N6O10S2/c1-5-6-9-31-19-8-7-16(10-15(19)12-30(31)4)40-13-21(24(35)36)41-29-22(18-14-43-25(27)28-18)20(33)11-17-23(34)32(26(17,2)3)42-44(37,38)39/h7-8,10,12,14,17,21H,5-6,9,11,13H2,1-4H3,(H3-,27,28,35,36,37,38,39)/p+1/b29-22-/t17-,21-/m1/s1. The number of unbranched alkanes of at least 4 members (excludes halogenated alkanes) is 1. The molecule has 1 aliphatic heterocycles. The first-order chi connectivity index (χ1) is 20.6. The Morgan fingerprint density at radius 1 is 1.32 bits per heavy atom. The SMILES string of the molecule is CCCCn1c2ccc(OC[C@@H](O/N=C(\C(=O)C[C@@H]3C(=O)N(OS(=O)(=O)O)C3(C)C)c3csc(N)n3)C(=O)O)cc2c[n+]1C. The second-order valence-electron chi connectivity index (χ2n) is 10.6. The molecule has 2 aromatic heterocycles. The van der Waals surface area contributed by atoms with Crippen molar-refractivity contribution in [3.8, 4) is 5.75 Å². The molecule has 3 aromatic rings. The Morgan fingerprint density at radius 3 is 2.64 bits per heavy atom. The number of nitrogen functional groups attached to an aromatic ring is 1. The van der Waals surface area contributed by atoms with Crippen molar-refractivity contribution in [2.24, 2.45) is 18.1 Å². The van der Waals surface area contributed by atoms with Crippen molar-refractivity contribution in [3.63, 3.8) is 0 Å². The van der Waals surface area contributed by atoms with E-state index in [0.717, 1.165) is 41.6 Å². The molecule has 0 spiro atoms. The zero-order valence-corrected chi connectivity index (χ0v) is 26.0. The molecule has 1 saturated heterocycles. The monoisotopic (exact) mass is 653 g/mol. The van der Waals surface area contributed by atoms with Gasteiger partial charge in [0.05, 0.1) is 23.4 Å². The highest BCUT2D eigenvalue weighted by molar-refractivity contribution is 7.80. The van der Waals surface area contributed by atoms with E-state index in [0.29, 0.717) is 10.8 Å². The number of nitrogens with two attached hydrogens (primary N) is 1. The molecule has 1 fully saturated rings. The van der Waals surface area contributed by atoms with E-state index in [-0.39, 0.29) is 10.8 Å². The van der Waals surface area contributed by atoms with Gasteiger partial charge in [-0.3, -0.25) is 14.1 Å². The van der Waals surface area contributed by atoms with Crippen molar-refractivity contribution in [3.05, 3.63) is 35.5 Å². The fraction of sp³-hybridized carbons (Fsp3) is 0.462. The topological polar surface area (TPSA) is 217 Å². The fourth-order valence-electron chi connectivity index (χ4n) is 4.71. The third kappa shape index (κ3) is 7.15. The van der Waals surface area contributed by atoms with Crippen LogP contribution in [0.3, 0.4) is 0 Å². The van der Waals surface area contributed by atoms with Gasteiger partial charge in [-0.1, -0.05) is 18.5 Å². The molecule has 0 aliphatic carbocycles. The number of β-lactam (4-membered cyclic amide) rings is 1. The van der Waals surface area contributed by atoms with Crippen LogP contribution in [0.15, 0.2) is 34.9 Å². The van der Waals surface area contributed by atoms with Crippen LogP contribution < -0.4 is 15.2 Å². The number of aliphatic carboxylic acids is 1. The van der Waals surface area contributed by atoms with Crippen molar-refractivity contribution in [1.29, 1.82) is 0 Å². The summed E-state index contributed by atoms with van der Waals surface area (Å²) in [5, 5.41) is 16.4. The van der Waals surface area contributed by atoms with Gasteiger partial charge in [0, 0.05) is 11.8 Å². The summed E-state index contributed by atoms with van der Waals surface area (Å²) in [5.41, 5.74) is 5.00. The van der Waals surface area contributed by atoms with Crippen LogP contribution in [0.5, 0.6) is 5.75 Å². The number of hydroxylamine groups is 2. The number of carbonyl (C=O) groups is 3. The van der Waals surface area contributed by atoms with Crippen LogP contribution in [0.25, 0.3) is 10.9 Å². The second kappa shape index (κ2) is 12.8. The lowest BCUT2D eigenvalue weighted by molar-refractivity contribution is -0.751. The van der Waals surface area contributed by atoms with E-state index in [1.807, 2.05) is 24.0 Å². The van der Waals surface area contributed by atoms with Crippen LogP contribution in [0.4, 0.5) is 5.13 Å². The maximum Gasteiger partial charge on any atom is 0.418 e. The molecule has 2 atom stereocenters. The third-order valence-corrected chi connectivity index (χ3v) is 8.13. The van der Waals surface area contributed by atoms with Gasteiger partial charge in [0.2, 0.25) is 6.20 Å². The molecular formula is C26H33N6O10S2+. The van der Waals surface area contributed by atoms with Crippen molar-refractivity contribution in [2.45, 2.75) is 58.2 Å². The van der Waals surface area contributed by atoms with E-state index in [9.17, 15) is 27.9 Å². The van der Waals surface area contributed by atoms with E-state index in [1.165, 1.54) is 19.2 Å². The molecule has 18 heteroatoms. The van der Waals surface area contributed by atoms with Crippen LogP contribution in [0.1, 0.15) is 45.7 Å². The fourth-order valence-corrected chi connectivity index (χ4v) is 5.71. The van der Waals surface area contributed by atoms with Gasteiger partial charge in [0.15, 0.2) is 23.7 Å². The summed E-state index contributed by atoms with van der Waals surface area (Å²) in [5.74, 6) is -3.71. The second-order valence-corrected chi connectivity index (χ2v) is 12.5. The largest absolute Gasteiger partial charge is 0.489 e. The molecule has 3 heterocycles. The smallest absolute Gasteiger partial charge is 0.418 e. The van der Waals surface area contributed by atoms with Gasteiger partial charge in [0.1, 0.15) is 23.6 Å². The minimum atomic E-state index is -4.98. The lowest BCUT2D eigenvalue weighted by atomic mass is 9.74. The van der Waals surface area contributed by atoms with Gasteiger partial charge >= 0.3 is 16.4 Å². The van der Waals surface area contributed by atoms with Crippen LogP contribution in [0, 0.1) is 5.92 Å². The van der Waals surface area contributed by atoms with E-state index in [1.54, 1.807) is 12.1 Å². The number of hydrogen-bond acceptors (Lipinski definition) is 12. The molecule has 4 N–H and O–H groups in total. The van der Waals surface area contributed by atoms with E-state index >= 15 is 0 Å².